The lowest BCUT2D eigenvalue weighted by atomic mass is 10.2. The van der Waals surface area contributed by atoms with E-state index < -0.39 is 0 Å². The van der Waals surface area contributed by atoms with Gasteiger partial charge in [-0.1, -0.05) is 11.8 Å². The maximum Gasteiger partial charge on any atom is 0.211 e. The van der Waals surface area contributed by atoms with E-state index in [1.165, 1.54) is 11.8 Å². The summed E-state index contributed by atoms with van der Waals surface area (Å²) in [5, 5.41) is 13.3. The molecule has 0 aliphatic heterocycles. The number of benzene rings is 1. The second-order valence-corrected chi connectivity index (χ2v) is 5.13. The third-order valence-corrected chi connectivity index (χ3v) is 3.48. The van der Waals surface area contributed by atoms with Gasteiger partial charge in [-0.25, -0.2) is 0 Å². The fourth-order valence-electron chi connectivity index (χ4n) is 1.88. The summed E-state index contributed by atoms with van der Waals surface area (Å²) in [6, 6.07) is 5.71. The molecule has 0 aliphatic carbocycles. The third kappa shape index (κ3) is 3.79. The summed E-state index contributed by atoms with van der Waals surface area (Å²) in [7, 11) is 0. The van der Waals surface area contributed by atoms with Gasteiger partial charge in [-0.15, -0.1) is 10.2 Å². The Labute approximate surface area is 134 Å². The van der Waals surface area contributed by atoms with Crippen molar-refractivity contribution in [2.45, 2.75) is 25.9 Å². The maximum absolute atomic E-state index is 5.66. The summed E-state index contributed by atoms with van der Waals surface area (Å²) in [6.07, 6.45) is 3.69. The van der Waals surface area contributed by atoms with Crippen LogP contribution >= 0.6 is 11.8 Å². The fourth-order valence-corrected chi connectivity index (χ4v) is 2.35. The second-order valence-electron chi connectivity index (χ2n) is 4.36. The van der Waals surface area contributed by atoms with Crippen LogP contribution in [-0.4, -0.2) is 40.6 Å². The van der Waals surface area contributed by atoms with Crippen molar-refractivity contribution in [1.29, 1.82) is 0 Å². The first-order valence-corrected chi connectivity index (χ1v) is 8.32. The molecule has 0 saturated heterocycles. The molecule has 0 aliphatic rings. The third-order valence-electron chi connectivity index (χ3n) is 2.86. The van der Waals surface area contributed by atoms with Crippen LogP contribution in [0.4, 0.5) is 0 Å². The summed E-state index contributed by atoms with van der Waals surface area (Å²) in [5.74, 6) is 2.27. The standard InChI is InChI=1S/C15H20N4O2S/c1-5-20-13-8-7-12(14(9-13)21-6-2)10-16-19-11(3)17-18-15(19)22-4/h7-10H,5-6H2,1-4H3/b16-10-. The van der Waals surface area contributed by atoms with Gasteiger partial charge in [0.25, 0.3) is 0 Å². The van der Waals surface area contributed by atoms with Crippen LogP contribution < -0.4 is 9.47 Å². The van der Waals surface area contributed by atoms with Gasteiger partial charge in [0.15, 0.2) is 5.82 Å². The Morgan fingerprint density at radius 3 is 2.68 bits per heavy atom. The highest BCUT2D eigenvalue weighted by Crippen LogP contribution is 2.24. The minimum Gasteiger partial charge on any atom is -0.494 e. The predicted molar refractivity (Wildman–Crippen MR) is 88.3 cm³/mol. The molecule has 6 nitrogen and oxygen atoms in total. The normalized spacial score (nSPS) is 11.1. The molecule has 7 heteroatoms. The minimum atomic E-state index is 0.581. The smallest absolute Gasteiger partial charge is 0.211 e. The highest BCUT2D eigenvalue weighted by Gasteiger charge is 2.07. The van der Waals surface area contributed by atoms with Crippen molar-refractivity contribution in [2.24, 2.45) is 5.10 Å². The average Bonchev–Trinajstić information content (AvgIpc) is 2.87. The number of rotatable bonds is 7. The summed E-state index contributed by atoms with van der Waals surface area (Å²) in [5.41, 5.74) is 0.880. The molecule has 0 N–H and O–H groups in total. The van der Waals surface area contributed by atoms with Crippen LogP contribution in [0.3, 0.4) is 0 Å². The molecule has 1 heterocycles. The Morgan fingerprint density at radius 2 is 2.00 bits per heavy atom. The molecule has 1 aromatic carbocycles. The van der Waals surface area contributed by atoms with Crippen LogP contribution in [0.2, 0.25) is 0 Å². The first kappa shape index (κ1) is 16.4. The van der Waals surface area contributed by atoms with Crippen molar-refractivity contribution in [3.63, 3.8) is 0 Å². The van der Waals surface area contributed by atoms with E-state index >= 15 is 0 Å². The topological polar surface area (TPSA) is 61.5 Å². The highest BCUT2D eigenvalue weighted by atomic mass is 32.2. The van der Waals surface area contributed by atoms with Crippen molar-refractivity contribution in [3.05, 3.63) is 29.6 Å². The van der Waals surface area contributed by atoms with E-state index in [-0.39, 0.29) is 0 Å². The molecule has 0 unspecified atom stereocenters. The van der Waals surface area contributed by atoms with E-state index in [0.717, 1.165) is 28.0 Å². The summed E-state index contributed by atoms with van der Waals surface area (Å²) < 4.78 is 12.9. The van der Waals surface area contributed by atoms with Crippen LogP contribution in [0.25, 0.3) is 0 Å². The average molecular weight is 320 g/mol. The molecule has 0 spiro atoms. The molecule has 0 fully saturated rings. The van der Waals surface area contributed by atoms with E-state index in [1.54, 1.807) is 10.9 Å². The van der Waals surface area contributed by atoms with Gasteiger partial charge in [-0.2, -0.15) is 9.78 Å². The van der Waals surface area contributed by atoms with Gasteiger partial charge < -0.3 is 9.47 Å². The molecule has 0 saturated carbocycles. The Hall–Kier alpha value is -2.02. The number of thioether (sulfide) groups is 1. The number of ether oxygens (including phenoxy) is 2. The zero-order chi connectivity index (χ0) is 15.9. The van der Waals surface area contributed by atoms with Gasteiger partial charge in [0.1, 0.15) is 11.5 Å². The van der Waals surface area contributed by atoms with Crippen LogP contribution in [-0.2, 0) is 0 Å². The molecule has 0 radical (unpaired) electrons. The van der Waals surface area contributed by atoms with E-state index in [2.05, 4.69) is 15.3 Å². The first-order valence-electron chi connectivity index (χ1n) is 7.09. The summed E-state index contributed by atoms with van der Waals surface area (Å²) >= 11 is 1.50. The van der Waals surface area contributed by atoms with Gasteiger partial charge in [-0.3, -0.25) is 0 Å². The molecule has 0 amide bonds. The lowest BCUT2D eigenvalue weighted by Gasteiger charge is -2.10. The number of nitrogens with zero attached hydrogens (tertiary/aromatic N) is 4. The van der Waals surface area contributed by atoms with Gasteiger partial charge in [0.2, 0.25) is 5.16 Å². The number of aromatic nitrogens is 3. The second kappa shape index (κ2) is 7.84. The first-order chi connectivity index (χ1) is 10.7. The molecule has 22 heavy (non-hydrogen) atoms. The maximum atomic E-state index is 5.66. The van der Waals surface area contributed by atoms with Crippen LogP contribution in [0.15, 0.2) is 28.5 Å². The van der Waals surface area contributed by atoms with Gasteiger partial charge in [0.05, 0.1) is 19.4 Å². The van der Waals surface area contributed by atoms with E-state index in [1.807, 2.05) is 45.2 Å². The Bertz CT molecular complexity index is 655. The largest absolute Gasteiger partial charge is 0.494 e. The van der Waals surface area contributed by atoms with Crippen molar-refractivity contribution in [1.82, 2.24) is 14.9 Å². The Kier molecular flexibility index (Phi) is 5.83. The quantitative estimate of drug-likeness (QED) is 0.580. The van der Waals surface area contributed by atoms with Crippen molar-refractivity contribution < 1.29 is 9.47 Å². The lowest BCUT2D eigenvalue weighted by Crippen LogP contribution is -2.00. The van der Waals surface area contributed by atoms with Crippen molar-refractivity contribution in [2.75, 3.05) is 19.5 Å². The molecular formula is C15H20N4O2S. The van der Waals surface area contributed by atoms with Crippen LogP contribution in [0, 0.1) is 6.92 Å². The summed E-state index contributed by atoms with van der Waals surface area (Å²) in [4.78, 5) is 0. The van der Waals surface area contributed by atoms with Crippen LogP contribution in [0.5, 0.6) is 11.5 Å². The fraction of sp³-hybridized carbons (Fsp3) is 0.400. The van der Waals surface area contributed by atoms with Gasteiger partial charge in [-0.05, 0) is 39.2 Å². The highest BCUT2D eigenvalue weighted by molar-refractivity contribution is 7.98. The monoisotopic (exact) mass is 320 g/mol. The SMILES string of the molecule is CCOc1ccc(/C=N\n2c(C)nnc2SC)c(OCC)c1. The molecule has 0 bridgehead atoms. The molecule has 0 atom stereocenters. The van der Waals surface area contributed by atoms with Gasteiger partial charge in [0, 0.05) is 11.6 Å². The van der Waals surface area contributed by atoms with Crippen LogP contribution in [0.1, 0.15) is 25.2 Å². The molecule has 118 valence electrons. The lowest BCUT2D eigenvalue weighted by molar-refractivity contribution is 0.323. The van der Waals surface area contributed by atoms with E-state index in [0.29, 0.717) is 13.2 Å². The predicted octanol–water partition coefficient (Wildman–Crippen LogP) is 2.99. The molecule has 2 rings (SSSR count). The zero-order valence-corrected chi connectivity index (χ0v) is 14.1. The minimum absolute atomic E-state index is 0.581. The Morgan fingerprint density at radius 1 is 1.23 bits per heavy atom. The van der Waals surface area contributed by atoms with E-state index in [9.17, 15) is 0 Å². The number of hydrogen-bond acceptors (Lipinski definition) is 6. The zero-order valence-electron chi connectivity index (χ0n) is 13.2. The van der Waals surface area contributed by atoms with E-state index in [4.69, 9.17) is 9.47 Å². The molecule has 2 aromatic rings. The van der Waals surface area contributed by atoms with Crippen molar-refractivity contribution >= 4 is 18.0 Å². The number of aryl methyl sites for hydroxylation is 1. The van der Waals surface area contributed by atoms with Crippen molar-refractivity contribution in [3.8, 4) is 11.5 Å². The summed E-state index contributed by atoms with van der Waals surface area (Å²) in [6.45, 7) is 6.97. The number of hydrogen-bond donors (Lipinski definition) is 0. The molecule has 1 aromatic heterocycles. The molecular weight excluding hydrogens is 300 g/mol. The Balaban J connectivity index is 2.31. The van der Waals surface area contributed by atoms with Gasteiger partial charge >= 0.3 is 0 Å².